The number of hydrogen-bond acceptors (Lipinski definition) is 14. The Hall–Kier alpha value is -8.96. The number of rotatable bonds is 12. The van der Waals surface area contributed by atoms with Crippen molar-refractivity contribution < 1.29 is 54.4 Å². The number of aromatic nitrogens is 4. The molecule has 0 aliphatic rings. The molecule has 0 spiro atoms. The van der Waals surface area contributed by atoms with Gasteiger partial charge in [-0.15, -0.1) is 0 Å². The second kappa shape index (κ2) is 24.0. The number of carbonyl (C=O) groups is 4. The second-order valence-corrected chi connectivity index (χ2v) is 16.8. The highest BCUT2D eigenvalue weighted by Gasteiger charge is 2.30. The zero-order valence-corrected chi connectivity index (χ0v) is 40.7. The predicted molar refractivity (Wildman–Crippen MR) is 263 cm³/mol. The van der Waals surface area contributed by atoms with Crippen LogP contribution in [-0.4, -0.2) is 128 Å². The van der Waals surface area contributed by atoms with Gasteiger partial charge in [-0.05, 0) is 57.9 Å². The van der Waals surface area contributed by atoms with Crippen LogP contribution in [0.15, 0.2) is 97.3 Å². The Morgan fingerprint density at radius 1 is 0.542 bits per heavy atom. The summed E-state index contributed by atoms with van der Waals surface area (Å²) in [6.07, 6.45) is 0.216. The maximum absolute atomic E-state index is 12.3. The van der Waals surface area contributed by atoms with E-state index in [1.807, 2.05) is 59.3 Å². The van der Waals surface area contributed by atoms with Gasteiger partial charge in [0.1, 0.15) is 16.9 Å². The molecule has 72 heavy (non-hydrogen) atoms. The summed E-state index contributed by atoms with van der Waals surface area (Å²) < 4.78 is 4.07. The fourth-order valence-corrected chi connectivity index (χ4v) is 6.65. The van der Waals surface area contributed by atoms with E-state index in [2.05, 4.69) is 62.4 Å². The number of pyridine rings is 2. The molecule has 4 heterocycles. The maximum atomic E-state index is 12.3. The molecule has 4 aromatic heterocycles. The number of nitro benzene ring substituents is 3. The maximum Gasteiger partial charge on any atom is 0.335 e. The van der Waals surface area contributed by atoms with Crippen molar-refractivity contribution in [1.29, 1.82) is 0 Å². The van der Waals surface area contributed by atoms with Gasteiger partial charge in [-0.1, -0.05) is 71.8 Å². The van der Waals surface area contributed by atoms with Crippen LogP contribution in [0.5, 0.6) is 0 Å². The Kier molecular flexibility index (Phi) is 18.6. The van der Waals surface area contributed by atoms with Crippen molar-refractivity contribution in [3.8, 4) is 22.5 Å². The van der Waals surface area contributed by atoms with Crippen molar-refractivity contribution in [3.05, 3.63) is 167 Å². The molecule has 2 amide bonds. The number of hydrogen-bond donors (Lipinski definition) is 4. The van der Waals surface area contributed by atoms with Crippen LogP contribution >= 0.6 is 0 Å². The molecule has 2 unspecified atom stereocenters. The van der Waals surface area contributed by atoms with E-state index in [-0.39, 0.29) is 17.4 Å². The third-order valence-corrected chi connectivity index (χ3v) is 10.8. The van der Waals surface area contributed by atoms with Crippen molar-refractivity contribution in [2.75, 3.05) is 28.2 Å². The summed E-state index contributed by atoms with van der Waals surface area (Å²) in [5.74, 6) is -3.40. The summed E-state index contributed by atoms with van der Waals surface area (Å²) in [5.41, 5.74) is 9.99. The number of aliphatic hydroxyl groups excluding tert-OH is 2. The highest BCUT2D eigenvalue weighted by molar-refractivity contribution is 5.83. The SMILES string of the molecule is Cc1c([N+](=O)[O-])cc([N+](=O)[O-])cc1[N+](=O)[O-].Cc1ccc(-c2nc3ccc(C)cn3c2CC(=O)N(C)C)cc1.Cc1ccc(-c2nc3ccc(C)cn3c2CC(=O)N(C)C)cc1.O=C(O)C(O)C(O)C(=O)O. The van der Waals surface area contributed by atoms with Crippen LogP contribution < -0.4 is 0 Å². The molecule has 7 aromatic rings. The molecule has 2 atom stereocenters. The van der Waals surface area contributed by atoms with E-state index < -0.39 is 56.0 Å². The number of likely N-dealkylation sites (N-methyl/N-ethyl adjacent to an activating group) is 2. The Labute approximate surface area is 411 Å². The number of imidazole rings is 2. The van der Waals surface area contributed by atoms with Crippen molar-refractivity contribution in [2.45, 2.75) is 59.7 Å². The van der Waals surface area contributed by atoms with E-state index in [9.17, 15) is 49.5 Å². The van der Waals surface area contributed by atoms with Crippen LogP contribution in [0.25, 0.3) is 33.8 Å². The Bertz CT molecular complexity index is 2960. The van der Waals surface area contributed by atoms with E-state index in [4.69, 9.17) is 30.4 Å². The average molecular weight is 992 g/mol. The van der Waals surface area contributed by atoms with E-state index in [1.165, 1.54) is 18.1 Å². The first-order valence-corrected chi connectivity index (χ1v) is 21.6. The van der Waals surface area contributed by atoms with Crippen molar-refractivity contribution >= 4 is 52.1 Å². The molecule has 4 N–H and O–H groups in total. The van der Waals surface area contributed by atoms with Crippen molar-refractivity contribution in [1.82, 2.24) is 28.6 Å². The molecule has 7 rings (SSSR count). The topological polar surface area (TPSA) is 320 Å². The van der Waals surface area contributed by atoms with Crippen LogP contribution in [0.1, 0.15) is 39.2 Å². The van der Waals surface area contributed by atoms with Gasteiger partial charge in [0, 0.05) is 51.7 Å². The lowest BCUT2D eigenvalue weighted by molar-refractivity contribution is -0.403. The predicted octanol–water partition coefficient (Wildman–Crippen LogP) is 6.09. The third kappa shape index (κ3) is 14.1. The third-order valence-electron chi connectivity index (χ3n) is 10.8. The molecule has 23 heteroatoms. The molecule has 0 radical (unpaired) electrons. The number of carbonyl (C=O) groups excluding carboxylic acids is 2. The molecular weight excluding hydrogens is 939 g/mol. The number of aliphatic hydroxyl groups is 2. The standard InChI is InChI=1S/2C19H21N3O.C7H5N3O6.C4H6O6/c2*1-13-5-8-15(9-6-13)19-16(11-18(23)21(3)4)22-12-14(2)7-10-17(22)20-19;1-4-6(9(13)14)2-5(8(11)12)3-7(4)10(15)16;5-1(3(7)8)2(6)4(9)10/h2*5-10,12H,11H2,1-4H3;2-3H,1H3;1-2,5-6H,(H,7,8)(H,9,10). The normalized spacial score (nSPS) is 11.4. The number of nitrogens with zero attached hydrogens (tertiary/aromatic N) is 9. The molecule has 0 aliphatic carbocycles. The first kappa shape index (κ1) is 55.6. The molecule has 0 fully saturated rings. The highest BCUT2D eigenvalue weighted by atomic mass is 16.6. The number of benzene rings is 3. The lowest BCUT2D eigenvalue weighted by Gasteiger charge is -2.11. The minimum atomic E-state index is -2.27. The summed E-state index contributed by atoms with van der Waals surface area (Å²) in [7, 11) is 7.12. The summed E-state index contributed by atoms with van der Waals surface area (Å²) >= 11 is 0. The van der Waals surface area contributed by atoms with Gasteiger partial charge in [-0.3, -0.25) is 39.9 Å². The van der Waals surface area contributed by atoms with E-state index >= 15 is 0 Å². The molecule has 0 saturated carbocycles. The van der Waals surface area contributed by atoms with Crippen LogP contribution in [0, 0.1) is 65.0 Å². The average Bonchev–Trinajstić information content (AvgIpc) is 3.85. The van der Waals surface area contributed by atoms with Gasteiger partial charge in [0.15, 0.2) is 12.2 Å². The van der Waals surface area contributed by atoms with Crippen molar-refractivity contribution in [2.24, 2.45) is 0 Å². The lowest BCUT2D eigenvalue weighted by atomic mass is 10.1. The summed E-state index contributed by atoms with van der Waals surface area (Å²) in [4.78, 5) is 85.6. The Morgan fingerprint density at radius 3 is 1.14 bits per heavy atom. The zero-order valence-electron chi connectivity index (χ0n) is 40.7. The van der Waals surface area contributed by atoms with Crippen LogP contribution in [0.4, 0.5) is 17.1 Å². The first-order valence-electron chi connectivity index (χ1n) is 21.6. The first-order chi connectivity index (χ1) is 33.7. The smallest absolute Gasteiger partial charge is 0.335 e. The van der Waals surface area contributed by atoms with Crippen LogP contribution in [-0.2, 0) is 32.0 Å². The lowest BCUT2D eigenvalue weighted by Crippen LogP contribution is -2.39. The Morgan fingerprint density at radius 2 is 0.861 bits per heavy atom. The minimum absolute atomic E-state index is 0.0710. The van der Waals surface area contributed by atoms with Gasteiger partial charge in [-0.25, -0.2) is 19.6 Å². The van der Waals surface area contributed by atoms with Crippen LogP contribution in [0.2, 0.25) is 0 Å². The quantitative estimate of drug-likeness (QED) is 0.0794. The number of aryl methyl sites for hydroxylation is 4. The van der Waals surface area contributed by atoms with Crippen LogP contribution in [0.3, 0.4) is 0 Å². The fraction of sp³-hybridized carbons (Fsp3) is 0.265. The molecule has 378 valence electrons. The number of carboxylic acid groups (broad SMARTS) is 2. The van der Waals surface area contributed by atoms with Gasteiger partial charge in [-0.2, -0.15) is 0 Å². The number of non-ortho nitro benzene ring substituents is 1. The van der Waals surface area contributed by atoms with Gasteiger partial charge >= 0.3 is 11.9 Å². The summed E-state index contributed by atoms with van der Waals surface area (Å²) in [6, 6.07) is 26.0. The highest BCUT2D eigenvalue weighted by Crippen LogP contribution is 2.33. The monoisotopic (exact) mass is 991 g/mol. The number of aliphatic carboxylic acids is 2. The summed E-state index contributed by atoms with van der Waals surface area (Å²) in [5, 5.41) is 64.0. The van der Waals surface area contributed by atoms with Gasteiger partial charge in [0.05, 0.1) is 62.5 Å². The largest absolute Gasteiger partial charge is 0.479 e. The van der Waals surface area contributed by atoms with E-state index in [0.717, 1.165) is 56.3 Å². The second-order valence-electron chi connectivity index (χ2n) is 16.8. The molecular formula is C49H53N9O14. The molecule has 0 aliphatic heterocycles. The molecule has 3 aromatic carbocycles. The molecule has 0 bridgehead atoms. The zero-order chi connectivity index (χ0) is 53.9. The van der Waals surface area contributed by atoms with Gasteiger partial charge in [0.25, 0.3) is 17.1 Å². The minimum Gasteiger partial charge on any atom is -0.479 e. The number of amides is 2. The number of nitro groups is 3. The summed E-state index contributed by atoms with van der Waals surface area (Å²) in [6.45, 7) is 9.38. The fourth-order valence-electron chi connectivity index (χ4n) is 6.65. The van der Waals surface area contributed by atoms with Gasteiger partial charge in [0.2, 0.25) is 11.8 Å². The van der Waals surface area contributed by atoms with Crippen molar-refractivity contribution in [3.63, 3.8) is 0 Å². The van der Waals surface area contributed by atoms with E-state index in [0.29, 0.717) is 25.0 Å². The molecule has 23 nitrogen and oxygen atoms in total. The van der Waals surface area contributed by atoms with E-state index in [1.54, 1.807) is 38.0 Å². The van der Waals surface area contributed by atoms with Gasteiger partial charge < -0.3 is 39.0 Å². The molecule has 0 saturated heterocycles. The number of fused-ring (bicyclic) bond motifs is 2. The Balaban J connectivity index is 0.000000218. The number of carboxylic acids is 2.